The molecule has 4 aromatic rings. The zero-order valence-corrected chi connectivity index (χ0v) is 20.1. The number of thiophene rings is 1. The predicted octanol–water partition coefficient (Wildman–Crippen LogP) is 7.59. The molecule has 0 aliphatic heterocycles. The Bertz CT molecular complexity index is 1350. The largest absolute Gasteiger partial charge is 0.487 e. The first-order valence-electron chi connectivity index (χ1n) is 10.4. The highest BCUT2D eigenvalue weighted by molar-refractivity contribution is 7.20. The maximum Gasteiger partial charge on any atom is 0.151 e. The Hall–Kier alpha value is -3.14. The number of benzene rings is 2. The maximum atomic E-state index is 13.3. The van der Waals surface area contributed by atoms with Crippen molar-refractivity contribution in [3.05, 3.63) is 76.1 Å². The first-order valence-corrected chi connectivity index (χ1v) is 11.6. The van der Waals surface area contributed by atoms with Gasteiger partial charge in [-0.3, -0.25) is 0 Å². The normalized spacial score (nSPS) is 11.2. The molecule has 7 heteroatoms. The predicted molar refractivity (Wildman–Crippen MR) is 134 cm³/mol. The topological polar surface area (TPSA) is 47.0 Å². The summed E-state index contributed by atoms with van der Waals surface area (Å²) in [5.74, 6) is 7.41. The number of hydrogen-bond acceptors (Lipinski definition) is 5. The minimum absolute atomic E-state index is 0.169. The van der Waals surface area contributed by atoms with Gasteiger partial charge in [0.2, 0.25) is 0 Å². The van der Waals surface area contributed by atoms with Crippen molar-refractivity contribution in [2.75, 3.05) is 5.32 Å². The van der Waals surface area contributed by atoms with Crippen LogP contribution in [0.3, 0.4) is 0 Å². The molecule has 33 heavy (non-hydrogen) atoms. The van der Waals surface area contributed by atoms with Crippen LogP contribution < -0.4 is 10.1 Å². The Morgan fingerprint density at radius 2 is 1.97 bits per heavy atom. The number of anilines is 2. The number of nitrogens with zero attached hydrogens (tertiary/aromatic N) is 2. The monoisotopic (exact) mass is 479 g/mol. The Labute approximate surface area is 201 Å². The van der Waals surface area contributed by atoms with E-state index in [1.807, 2.05) is 12.1 Å². The average molecular weight is 480 g/mol. The lowest BCUT2D eigenvalue weighted by molar-refractivity contribution is 0.306. The summed E-state index contributed by atoms with van der Waals surface area (Å²) in [6.07, 6.45) is 2.35. The summed E-state index contributed by atoms with van der Waals surface area (Å²) < 4.78 is 20.0. The van der Waals surface area contributed by atoms with Crippen molar-refractivity contribution < 1.29 is 9.13 Å². The van der Waals surface area contributed by atoms with Crippen LogP contribution in [0.25, 0.3) is 10.2 Å². The second-order valence-corrected chi connectivity index (χ2v) is 10.2. The SMILES string of the molecule is CC(C)(C)CC#Cc1cc2ncnc(Nc3ccc(OCc4cccc(F)c4)c(Cl)c3)c2s1. The summed E-state index contributed by atoms with van der Waals surface area (Å²) in [6, 6.07) is 13.7. The standard InChI is InChI=1S/C26H23ClFN3OS/c1-26(2,3)11-5-8-20-14-22-24(33-20)25(30-16-29-22)31-19-9-10-23(21(27)13-19)32-15-17-6-4-7-18(28)12-17/h4,6-7,9-10,12-14,16H,11,15H2,1-3H3,(H,29,30,31). The highest BCUT2D eigenvalue weighted by Crippen LogP contribution is 2.33. The molecule has 2 aromatic heterocycles. The molecule has 2 aromatic carbocycles. The fourth-order valence-electron chi connectivity index (χ4n) is 3.02. The zero-order valence-electron chi connectivity index (χ0n) is 18.6. The summed E-state index contributed by atoms with van der Waals surface area (Å²) >= 11 is 7.98. The summed E-state index contributed by atoms with van der Waals surface area (Å²) in [7, 11) is 0. The van der Waals surface area contributed by atoms with E-state index in [4.69, 9.17) is 16.3 Å². The lowest BCUT2D eigenvalue weighted by atomic mass is 9.93. The van der Waals surface area contributed by atoms with Crippen LogP contribution in [-0.2, 0) is 6.61 Å². The number of rotatable bonds is 5. The van der Waals surface area contributed by atoms with Gasteiger partial charge in [-0.15, -0.1) is 11.3 Å². The Morgan fingerprint density at radius 3 is 2.73 bits per heavy atom. The van der Waals surface area contributed by atoms with Crippen LogP contribution in [0, 0.1) is 23.1 Å². The van der Waals surface area contributed by atoms with Gasteiger partial charge in [0.05, 0.1) is 20.1 Å². The van der Waals surface area contributed by atoms with E-state index in [-0.39, 0.29) is 17.8 Å². The van der Waals surface area contributed by atoms with Gasteiger partial charge in [-0.05, 0) is 47.4 Å². The summed E-state index contributed by atoms with van der Waals surface area (Å²) in [5.41, 5.74) is 2.52. The van der Waals surface area contributed by atoms with Gasteiger partial charge in [0.25, 0.3) is 0 Å². The number of fused-ring (bicyclic) bond motifs is 1. The van der Waals surface area contributed by atoms with Gasteiger partial charge in [0.1, 0.15) is 24.5 Å². The molecule has 0 amide bonds. The van der Waals surface area contributed by atoms with Gasteiger partial charge in [-0.1, -0.05) is 56.3 Å². The van der Waals surface area contributed by atoms with Crippen molar-refractivity contribution in [1.29, 1.82) is 0 Å². The molecule has 0 radical (unpaired) electrons. The Morgan fingerprint density at radius 1 is 1.12 bits per heavy atom. The molecular formula is C26H23ClFN3OS. The first kappa shape index (κ1) is 23.0. The minimum Gasteiger partial charge on any atom is -0.487 e. The molecule has 0 fully saturated rings. The van der Waals surface area contributed by atoms with E-state index in [2.05, 4.69) is 47.9 Å². The number of hydrogen-bond donors (Lipinski definition) is 1. The third kappa shape index (κ3) is 6.22. The van der Waals surface area contributed by atoms with Crippen molar-refractivity contribution in [3.63, 3.8) is 0 Å². The van der Waals surface area contributed by atoms with Crippen LogP contribution >= 0.6 is 22.9 Å². The molecule has 0 spiro atoms. The molecule has 0 saturated heterocycles. The van der Waals surface area contributed by atoms with E-state index < -0.39 is 0 Å². The first-order chi connectivity index (χ1) is 15.8. The van der Waals surface area contributed by atoms with Crippen molar-refractivity contribution in [2.45, 2.75) is 33.8 Å². The maximum absolute atomic E-state index is 13.3. The van der Waals surface area contributed by atoms with Crippen LogP contribution in [-0.4, -0.2) is 9.97 Å². The number of nitrogens with one attached hydrogen (secondary N) is 1. The number of halogens is 2. The second-order valence-electron chi connectivity index (χ2n) is 8.78. The fraction of sp³-hybridized carbons (Fsp3) is 0.231. The summed E-state index contributed by atoms with van der Waals surface area (Å²) in [5, 5.41) is 3.76. The zero-order chi connectivity index (χ0) is 23.4. The molecule has 4 nitrogen and oxygen atoms in total. The molecule has 4 rings (SSSR count). The molecule has 2 heterocycles. The third-order valence-electron chi connectivity index (χ3n) is 4.62. The van der Waals surface area contributed by atoms with Gasteiger partial charge in [-0.2, -0.15) is 0 Å². The number of ether oxygens (including phenoxy) is 1. The Balaban J connectivity index is 1.49. The lowest BCUT2D eigenvalue weighted by Gasteiger charge is -2.12. The highest BCUT2D eigenvalue weighted by atomic mass is 35.5. The van der Waals surface area contributed by atoms with Gasteiger partial charge >= 0.3 is 0 Å². The van der Waals surface area contributed by atoms with Crippen molar-refractivity contribution in [1.82, 2.24) is 9.97 Å². The van der Waals surface area contributed by atoms with Crippen LogP contribution in [0.5, 0.6) is 5.75 Å². The van der Waals surface area contributed by atoms with E-state index in [0.29, 0.717) is 16.6 Å². The van der Waals surface area contributed by atoms with E-state index >= 15 is 0 Å². The van der Waals surface area contributed by atoms with Gasteiger partial charge < -0.3 is 10.1 Å². The molecule has 0 atom stereocenters. The van der Waals surface area contributed by atoms with Gasteiger partial charge in [-0.25, -0.2) is 14.4 Å². The molecule has 0 bridgehead atoms. The van der Waals surface area contributed by atoms with Crippen molar-refractivity contribution >= 4 is 44.7 Å². The second kappa shape index (κ2) is 9.78. The molecule has 0 aliphatic carbocycles. The van der Waals surface area contributed by atoms with E-state index in [1.54, 1.807) is 35.6 Å². The molecule has 1 N–H and O–H groups in total. The minimum atomic E-state index is -0.296. The summed E-state index contributed by atoms with van der Waals surface area (Å²) in [6.45, 7) is 6.74. The molecular weight excluding hydrogens is 457 g/mol. The van der Waals surface area contributed by atoms with Crippen LogP contribution in [0.2, 0.25) is 5.02 Å². The van der Waals surface area contributed by atoms with E-state index in [0.717, 1.165) is 32.8 Å². The average Bonchev–Trinajstić information content (AvgIpc) is 3.16. The van der Waals surface area contributed by atoms with E-state index in [1.165, 1.54) is 18.5 Å². The van der Waals surface area contributed by atoms with Gasteiger partial charge in [0.15, 0.2) is 5.82 Å². The molecule has 168 valence electrons. The third-order valence-corrected chi connectivity index (χ3v) is 5.96. The quantitative estimate of drug-likeness (QED) is 0.299. The Kier molecular flexibility index (Phi) is 6.83. The fourth-order valence-corrected chi connectivity index (χ4v) is 4.19. The van der Waals surface area contributed by atoms with Crippen LogP contribution in [0.15, 0.2) is 54.9 Å². The summed E-state index contributed by atoms with van der Waals surface area (Å²) in [4.78, 5) is 9.73. The van der Waals surface area contributed by atoms with Crippen molar-refractivity contribution in [3.8, 4) is 17.6 Å². The number of aromatic nitrogens is 2. The molecule has 0 saturated carbocycles. The highest BCUT2D eigenvalue weighted by Gasteiger charge is 2.11. The van der Waals surface area contributed by atoms with Gasteiger partial charge in [0, 0.05) is 12.1 Å². The van der Waals surface area contributed by atoms with Crippen LogP contribution in [0.4, 0.5) is 15.9 Å². The van der Waals surface area contributed by atoms with Crippen molar-refractivity contribution in [2.24, 2.45) is 5.41 Å². The van der Waals surface area contributed by atoms with Crippen LogP contribution in [0.1, 0.15) is 37.6 Å². The molecule has 0 aliphatic rings. The van der Waals surface area contributed by atoms with E-state index in [9.17, 15) is 4.39 Å². The lowest BCUT2D eigenvalue weighted by Crippen LogP contribution is -2.01. The smallest absolute Gasteiger partial charge is 0.151 e. The molecule has 0 unspecified atom stereocenters.